The Morgan fingerprint density at radius 1 is 1.15 bits per heavy atom. The molecular formula is C11H20BCl. The number of rotatable bonds is 3. The Morgan fingerprint density at radius 3 is 2.00 bits per heavy atom. The molecule has 1 aliphatic carbocycles. The minimum Gasteiger partial charge on any atom is -0.147 e. The van der Waals surface area contributed by atoms with Gasteiger partial charge in [-0.05, 0) is 6.42 Å². The number of hydrogen-bond donors (Lipinski definition) is 0. The van der Waals surface area contributed by atoms with E-state index < -0.39 is 0 Å². The molecule has 0 unspecified atom stereocenters. The van der Waals surface area contributed by atoms with Crippen LogP contribution in [0.2, 0.25) is 11.6 Å². The van der Waals surface area contributed by atoms with Crippen LogP contribution in [0.5, 0.6) is 0 Å². The first kappa shape index (κ1) is 12.8. The molecule has 0 nitrogen and oxygen atoms in total. The highest BCUT2D eigenvalue weighted by molar-refractivity contribution is 6.69. The molecule has 0 saturated heterocycles. The average Bonchev–Trinajstić information content (AvgIpc) is 2.37. The van der Waals surface area contributed by atoms with Crippen LogP contribution in [0.3, 0.4) is 0 Å². The van der Waals surface area contributed by atoms with Gasteiger partial charge in [0.2, 0.25) is 0 Å². The first-order chi connectivity index (χ1) is 5.63. The minimum absolute atomic E-state index is 0. The topological polar surface area (TPSA) is 0 Å². The molecule has 1 aliphatic rings. The predicted octanol–water partition coefficient (Wildman–Crippen LogP) is 4.15. The highest BCUT2D eigenvalue weighted by atomic mass is 35.5. The predicted molar refractivity (Wildman–Crippen MR) is 65.0 cm³/mol. The first-order valence-corrected chi connectivity index (χ1v) is 4.98. The van der Waals surface area contributed by atoms with Crippen molar-refractivity contribution in [1.29, 1.82) is 0 Å². The number of allylic oxidation sites excluding steroid dienone is 4. The lowest BCUT2D eigenvalue weighted by Crippen LogP contribution is -2.23. The molecule has 0 spiro atoms. The maximum Gasteiger partial charge on any atom is 0.176 e. The van der Waals surface area contributed by atoms with Crippen LogP contribution in [0.25, 0.3) is 0 Å². The molecule has 0 heterocycles. The van der Waals surface area contributed by atoms with Crippen molar-refractivity contribution in [1.82, 2.24) is 0 Å². The van der Waals surface area contributed by atoms with Crippen LogP contribution in [0.1, 0.15) is 34.1 Å². The molecule has 0 bridgehead atoms. The van der Waals surface area contributed by atoms with Gasteiger partial charge in [-0.1, -0.05) is 63.0 Å². The summed E-state index contributed by atoms with van der Waals surface area (Å²) in [5.74, 6) is 1.55. The first-order valence-electron chi connectivity index (χ1n) is 4.98. The molecule has 74 valence electrons. The summed E-state index contributed by atoms with van der Waals surface area (Å²) in [6.07, 6.45) is 7.92. The average molecular weight is 199 g/mol. The Balaban J connectivity index is 0.00000144. The summed E-state index contributed by atoms with van der Waals surface area (Å²) in [6.45, 7) is 10.1. The highest BCUT2D eigenvalue weighted by Gasteiger charge is 2.25. The molecule has 0 aliphatic heterocycles. The van der Waals surface area contributed by atoms with Crippen molar-refractivity contribution in [3.8, 4) is 0 Å². The van der Waals surface area contributed by atoms with Gasteiger partial charge in [-0.25, -0.2) is 0 Å². The van der Waals surface area contributed by atoms with E-state index in [1.165, 1.54) is 6.42 Å². The van der Waals surface area contributed by atoms with Gasteiger partial charge in [-0.2, -0.15) is 0 Å². The van der Waals surface area contributed by atoms with E-state index in [-0.39, 0.29) is 12.4 Å². The van der Waals surface area contributed by atoms with Crippen LogP contribution in [-0.4, -0.2) is 6.71 Å². The molecular weight excluding hydrogens is 178 g/mol. The van der Waals surface area contributed by atoms with Gasteiger partial charge in [0, 0.05) is 0 Å². The summed E-state index contributed by atoms with van der Waals surface area (Å²) in [6, 6.07) is 0. The summed E-state index contributed by atoms with van der Waals surface area (Å²) in [5, 5.41) is 0. The van der Waals surface area contributed by atoms with Crippen LogP contribution in [0.15, 0.2) is 23.7 Å². The van der Waals surface area contributed by atoms with Crippen LogP contribution in [-0.2, 0) is 0 Å². The van der Waals surface area contributed by atoms with E-state index in [4.69, 9.17) is 0 Å². The highest BCUT2D eigenvalue weighted by Crippen LogP contribution is 2.29. The van der Waals surface area contributed by atoms with Gasteiger partial charge in [0.25, 0.3) is 0 Å². The number of halogens is 1. The summed E-state index contributed by atoms with van der Waals surface area (Å²) < 4.78 is 0. The molecule has 13 heavy (non-hydrogen) atoms. The molecule has 0 atom stereocenters. The SMILES string of the molecule is CC(C)B(C1=CC=CC1)C(C)C.Cl. The number of hydrogen-bond acceptors (Lipinski definition) is 0. The van der Waals surface area contributed by atoms with Gasteiger partial charge >= 0.3 is 0 Å². The Bertz CT molecular complexity index is 196. The molecule has 1 rings (SSSR count). The Kier molecular flexibility index (Phi) is 5.47. The van der Waals surface area contributed by atoms with Crippen LogP contribution >= 0.6 is 12.4 Å². The lowest BCUT2D eigenvalue weighted by Gasteiger charge is -2.22. The van der Waals surface area contributed by atoms with E-state index in [1.807, 2.05) is 0 Å². The third-order valence-corrected chi connectivity index (χ3v) is 2.66. The Morgan fingerprint density at radius 2 is 1.69 bits per heavy atom. The maximum atomic E-state index is 2.32. The van der Waals surface area contributed by atoms with E-state index in [1.54, 1.807) is 5.47 Å². The minimum atomic E-state index is 0. The molecule has 0 aromatic carbocycles. The van der Waals surface area contributed by atoms with Crippen molar-refractivity contribution in [3.05, 3.63) is 23.7 Å². The van der Waals surface area contributed by atoms with Crippen molar-refractivity contribution in [3.63, 3.8) is 0 Å². The molecule has 0 saturated carbocycles. The molecule has 0 aromatic heterocycles. The van der Waals surface area contributed by atoms with Crippen molar-refractivity contribution < 1.29 is 0 Å². The quantitative estimate of drug-likeness (QED) is 0.598. The second kappa shape index (κ2) is 5.54. The molecule has 0 amide bonds. The maximum absolute atomic E-state index is 2.32. The molecule has 0 fully saturated rings. The van der Waals surface area contributed by atoms with Gasteiger partial charge < -0.3 is 0 Å². The second-order valence-electron chi connectivity index (χ2n) is 4.39. The fourth-order valence-corrected chi connectivity index (χ4v) is 2.34. The van der Waals surface area contributed by atoms with Gasteiger partial charge in [-0.3, -0.25) is 0 Å². The lowest BCUT2D eigenvalue weighted by atomic mass is 9.31. The van der Waals surface area contributed by atoms with E-state index in [9.17, 15) is 0 Å². The van der Waals surface area contributed by atoms with Gasteiger partial charge in [0.1, 0.15) is 0 Å². The third kappa shape index (κ3) is 3.23. The molecule has 0 radical (unpaired) electrons. The van der Waals surface area contributed by atoms with Crippen LogP contribution in [0, 0.1) is 0 Å². The van der Waals surface area contributed by atoms with Crippen molar-refractivity contribution in [2.45, 2.75) is 45.8 Å². The fourth-order valence-electron chi connectivity index (χ4n) is 2.34. The largest absolute Gasteiger partial charge is 0.176 e. The second-order valence-corrected chi connectivity index (χ2v) is 4.39. The van der Waals surface area contributed by atoms with E-state index in [0.29, 0.717) is 0 Å². The zero-order valence-corrected chi connectivity index (χ0v) is 9.90. The molecule has 0 N–H and O–H groups in total. The monoisotopic (exact) mass is 198 g/mol. The zero-order chi connectivity index (χ0) is 9.14. The van der Waals surface area contributed by atoms with E-state index >= 15 is 0 Å². The van der Waals surface area contributed by atoms with E-state index in [0.717, 1.165) is 18.3 Å². The lowest BCUT2D eigenvalue weighted by molar-refractivity contribution is 0.937. The molecule has 0 aromatic rings. The van der Waals surface area contributed by atoms with Crippen molar-refractivity contribution >= 4 is 19.1 Å². The third-order valence-electron chi connectivity index (χ3n) is 2.66. The van der Waals surface area contributed by atoms with Gasteiger partial charge in [-0.15, -0.1) is 12.4 Å². The van der Waals surface area contributed by atoms with Crippen LogP contribution in [0.4, 0.5) is 0 Å². The zero-order valence-electron chi connectivity index (χ0n) is 9.08. The Labute approximate surface area is 89.0 Å². The summed E-state index contributed by atoms with van der Waals surface area (Å²) in [5.41, 5.74) is 1.63. The summed E-state index contributed by atoms with van der Waals surface area (Å²) >= 11 is 0. The smallest absolute Gasteiger partial charge is 0.147 e. The summed E-state index contributed by atoms with van der Waals surface area (Å²) in [7, 11) is 0. The van der Waals surface area contributed by atoms with E-state index in [2.05, 4.69) is 45.9 Å². The standard InChI is InChI=1S/C11H19B.ClH/c1-9(2)12(10(3)4)11-7-5-6-8-11;/h5-7,9-10H,8H2,1-4H3;1H. The van der Waals surface area contributed by atoms with Crippen molar-refractivity contribution in [2.24, 2.45) is 0 Å². The summed E-state index contributed by atoms with van der Waals surface area (Å²) in [4.78, 5) is 0. The fraction of sp³-hybridized carbons (Fsp3) is 0.636. The van der Waals surface area contributed by atoms with Crippen LogP contribution < -0.4 is 0 Å². The van der Waals surface area contributed by atoms with Gasteiger partial charge in [0.15, 0.2) is 6.71 Å². The van der Waals surface area contributed by atoms with Gasteiger partial charge in [0.05, 0.1) is 0 Å². The van der Waals surface area contributed by atoms with Crippen molar-refractivity contribution in [2.75, 3.05) is 0 Å². The normalized spacial score (nSPS) is 14.8. The Hall–Kier alpha value is -0.165. The molecule has 2 heteroatoms.